The van der Waals surface area contributed by atoms with E-state index in [1.54, 1.807) is 19.2 Å². The molecular weight excluding hydrogens is 242 g/mol. The van der Waals surface area contributed by atoms with Crippen LogP contribution in [0.4, 0.5) is 10.5 Å². The number of anilines is 1. The van der Waals surface area contributed by atoms with Crippen molar-refractivity contribution >= 4 is 23.3 Å². The van der Waals surface area contributed by atoms with Gasteiger partial charge in [-0.2, -0.15) is 5.26 Å². The Morgan fingerprint density at radius 1 is 1.59 bits per heavy atom. The van der Waals surface area contributed by atoms with Gasteiger partial charge in [0.1, 0.15) is 6.07 Å². The van der Waals surface area contributed by atoms with Crippen molar-refractivity contribution in [3.63, 3.8) is 0 Å². The lowest BCUT2D eigenvalue weighted by Crippen LogP contribution is -2.31. The van der Waals surface area contributed by atoms with E-state index >= 15 is 0 Å². The number of hydrogen-bond donors (Lipinski definition) is 2. The van der Waals surface area contributed by atoms with Crippen molar-refractivity contribution in [3.8, 4) is 6.07 Å². The molecule has 0 saturated heterocycles. The molecule has 0 aromatic heterocycles. The summed E-state index contributed by atoms with van der Waals surface area (Å²) < 4.78 is 4.79. The standard InChI is InChI=1S/C11H12ClN3O2/c1-17-5-4-14-11(16)15-9-3-2-8(7-13)10(12)6-9/h2-3,6H,4-5H2,1H3,(H2,14,15,16). The van der Waals surface area contributed by atoms with E-state index in [9.17, 15) is 4.79 Å². The normalized spacial score (nSPS) is 9.47. The molecule has 0 heterocycles. The molecule has 0 bridgehead atoms. The highest BCUT2D eigenvalue weighted by atomic mass is 35.5. The lowest BCUT2D eigenvalue weighted by atomic mass is 10.2. The lowest BCUT2D eigenvalue weighted by Gasteiger charge is -2.07. The summed E-state index contributed by atoms with van der Waals surface area (Å²) in [5.74, 6) is 0. The SMILES string of the molecule is COCCNC(=O)Nc1ccc(C#N)c(Cl)c1. The minimum Gasteiger partial charge on any atom is -0.383 e. The first-order valence-corrected chi connectivity index (χ1v) is 5.28. The summed E-state index contributed by atoms with van der Waals surface area (Å²) in [6.07, 6.45) is 0. The van der Waals surface area contributed by atoms with Crippen LogP contribution < -0.4 is 10.6 Å². The van der Waals surface area contributed by atoms with Crippen LogP contribution in [0.15, 0.2) is 18.2 Å². The molecule has 0 unspecified atom stereocenters. The van der Waals surface area contributed by atoms with Gasteiger partial charge in [0.2, 0.25) is 0 Å². The number of carbonyl (C=O) groups excluding carboxylic acids is 1. The fourth-order valence-electron chi connectivity index (χ4n) is 1.13. The molecular formula is C11H12ClN3O2. The summed E-state index contributed by atoms with van der Waals surface area (Å²) >= 11 is 5.83. The Balaban J connectivity index is 2.55. The molecule has 0 radical (unpaired) electrons. The van der Waals surface area contributed by atoms with E-state index in [1.807, 2.05) is 6.07 Å². The number of ether oxygens (including phenoxy) is 1. The number of methoxy groups -OCH3 is 1. The van der Waals surface area contributed by atoms with Gasteiger partial charge in [-0.25, -0.2) is 4.79 Å². The fraction of sp³-hybridized carbons (Fsp3) is 0.273. The van der Waals surface area contributed by atoms with Crippen molar-refractivity contribution in [3.05, 3.63) is 28.8 Å². The molecule has 1 aromatic carbocycles. The summed E-state index contributed by atoms with van der Waals surface area (Å²) in [6, 6.07) is 6.28. The Hall–Kier alpha value is -1.77. The van der Waals surface area contributed by atoms with Crippen LogP contribution in [0, 0.1) is 11.3 Å². The second-order valence-corrected chi connectivity index (χ2v) is 3.59. The van der Waals surface area contributed by atoms with Crippen LogP contribution in [0.25, 0.3) is 0 Å². The average Bonchev–Trinajstić information content (AvgIpc) is 2.29. The fourth-order valence-corrected chi connectivity index (χ4v) is 1.35. The summed E-state index contributed by atoms with van der Waals surface area (Å²) in [5.41, 5.74) is 0.904. The molecule has 90 valence electrons. The molecule has 6 heteroatoms. The van der Waals surface area contributed by atoms with Crippen molar-refractivity contribution in [2.45, 2.75) is 0 Å². The molecule has 0 saturated carbocycles. The quantitative estimate of drug-likeness (QED) is 0.806. The Labute approximate surface area is 104 Å². The molecule has 17 heavy (non-hydrogen) atoms. The molecule has 0 atom stereocenters. The number of urea groups is 1. The Morgan fingerprint density at radius 2 is 2.35 bits per heavy atom. The molecule has 1 rings (SSSR count). The molecule has 2 amide bonds. The van der Waals surface area contributed by atoms with Crippen LogP contribution in [-0.4, -0.2) is 26.3 Å². The molecule has 0 aliphatic rings. The largest absolute Gasteiger partial charge is 0.383 e. The third-order valence-corrected chi connectivity index (χ3v) is 2.25. The number of nitrogens with zero attached hydrogens (tertiary/aromatic N) is 1. The number of benzene rings is 1. The van der Waals surface area contributed by atoms with Gasteiger partial charge in [-0.15, -0.1) is 0 Å². The zero-order chi connectivity index (χ0) is 12.7. The van der Waals surface area contributed by atoms with Crippen LogP contribution in [-0.2, 0) is 4.74 Å². The van der Waals surface area contributed by atoms with Gasteiger partial charge in [-0.1, -0.05) is 11.6 Å². The first kappa shape index (κ1) is 13.3. The minimum absolute atomic E-state index is 0.308. The number of amides is 2. The maximum Gasteiger partial charge on any atom is 0.319 e. The van der Waals surface area contributed by atoms with Crippen molar-refractivity contribution in [2.75, 3.05) is 25.6 Å². The second-order valence-electron chi connectivity index (χ2n) is 3.18. The topological polar surface area (TPSA) is 74.2 Å². The van der Waals surface area contributed by atoms with Crippen molar-refractivity contribution in [1.29, 1.82) is 5.26 Å². The minimum atomic E-state index is -0.345. The molecule has 0 aliphatic heterocycles. The maximum absolute atomic E-state index is 11.4. The Kier molecular flexibility index (Phi) is 5.27. The lowest BCUT2D eigenvalue weighted by molar-refractivity contribution is 0.198. The van der Waals surface area contributed by atoms with Gasteiger partial charge >= 0.3 is 6.03 Å². The van der Waals surface area contributed by atoms with Crippen LogP contribution in [0.3, 0.4) is 0 Å². The van der Waals surface area contributed by atoms with E-state index in [0.29, 0.717) is 29.4 Å². The molecule has 1 aromatic rings. The molecule has 2 N–H and O–H groups in total. The van der Waals surface area contributed by atoms with Crippen LogP contribution in [0.5, 0.6) is 0 Å². The van der Waals surface area contributed by atoms with Crippen molar-refractivity contribution < 1.29 is 9.53 Å². The summed E-state index contributed by atoms with van der Waals surface area (Å²) in [5, 5.41) is 14.2. The first-order chi connectivity index (χ1) is 8.17. The van der Waals surface area contributed by atoms with E-state index in [2.05, 4.69) is 10.6 Å². The highest BCUT2D eigenvalue weighted by Gasteiger charge is 2.04. The third-order valence-electron chi connectivity index (χ3n) is 1.94. The van der Waals surface area contributed by atoms with Crippen LogP contribution in [0.1, 0.15) is 5.56 Å². The third kappa shape index (κ3) is 4.31. The maximum atomic E-state index is 11.4. The monoisotopic (exact) mass is 253 g/mol. The highest BCUT2D eigenvalue weighted by Crippen LogP contribution is 2.19. The number of nitrogens with one attached hydrogen (secondary N) is 2. The van der Waals surface area contributed by atoms with E-state index < -0.39 is 0 Å². The van der Waals surface area contributed by atoms with Gasteiger partial charge in [-0.05, 0) is 18.2 Å². The summed E-state index contributed by atoms with van der Waals surface area (Å²) in [7, 11) is 1.56. The summed E-state index contributed by atoms with van der Waals surface area (Å²) in [4.78, 5) is 11.4. The van der Waals surface area contributed by atoms with Crippen LogP contribution >= 0.6 is 11.6 Å². The van der Waals surface area contributed by atoms with E-state index in [0.717, 1.165) is 0 Å². The molecule has 0 aliphatic carbocycles. The Morgan fingerprint density at radius 3 is 2.94 bits per heavy atom. The number of carbonyl (C=O) groups is 1. The number of rotatable bonds is 4. The number of nitriles is 1. The first-order valence-electron chi connectivity index (χ1n) is 4.91. The van der Waals surface area contributed by atoms with Crippen LogP contribution in [0.2, 0.25) is 5.02 Å². The number of halogens is 1. The van der Waals surface area contributed by atoms with Gasteiger partial charge in [0.05, 0.1) is 17.2 Å². The van der Waals surface area contributed by atoms with Crippen molar-refractivity contribution in [1.82, 2.24) is 5.32 Å². The second kappa shape index (κ2) is 6.74. The van der Waals surface area contributed by atoms with Gasteiger partial charge in [0.25, 0.3) is 0 Å². The highest BCUT2D eigenvalue weighted by molar-refractivity contribution is 6.32. The Bertz CT molecular complexity index is 443. The van der Waals surface area contributed by atoms with Gasteiger partial charge < -0.3 is 15.4 Å². The summed E-state index contributed by atoms with van der Waals surface area (Å²) in [6.45, 7) is 0.869. The van der Waals surface area contributed by atoms with Gasteiger partial charge in [-0.3, -0.25) is 0 Å². The molecule has 0 fully saturated rings. The van der Waals surface area contributed by atoms with Gasteiger partial charge in [0, 0.05) is 19.3 Å². The predicted octanol–water partition coefficient (Wildman–Crippen LogP) is 1.98. The van der Waals surface area contributed by atoms with E-state index in [4.69, 9.17) is 21.6 Å². The zero-order valence-electron chi connectivity index (χ0n) is 9.29. The van der Waals surface area contributed by atoms with E-state index in [-0.39, 0.29) is 6.03 Å². The van der Waals surface area contributed by atoms with Gasteiger partial charge in [0.15, 0.2) is 0 Å². The average molecular weight is 254 g/mol. The molecule has 5 nitrogen and oxygen atoms in total. The smallest absolute Gasteiger partial charge is 0.319 e. The van der Waals surface area contributed by atoms with Crippen molar-refractivity contribution in [2.24, 2.45) is 0 Å². The predicted molar refractivity (Wildman–Crippen MR) is 65.1 cm³/mol. The zero-order valence-corrected chi connectivity index (χ0v) is 10.0. The van der Waals surface area contributed by atoms with E-state index in [1.165, 1.54) is 6.07 Å². The number of hydrogen-bond acceptors (Lipinski definition) is 3. The molecule has 0 spiro atoms.